The standard InChI is InChI=1S/C15H24ClN3O/c1-4-8-18-10-12-9-13(16)6-7-14(12)19(5-2)11-15(20)17-3/h6-7,9,18H,4-5,8,10-11H2,1-3H3,(H,17,20). The number of carbonyl (C=O) groups excluding carboxylic acids is 1. The van der Waals surface area contributed by atoms with Gasteiger partial charge in [0.1, 0.15) is 0 Å². The molecular weight excluding hydrogens is 274 g/mol. The minimum Gasteiger partial charge on any atom is -0.362 e. The van der Waals surface area contributed by atoms with Gasteiger partial charge in [-0.15, -0.1) is 0 Å². The molecule has 1 amide bonds. The molecule has 0 aliphatic rings. The zero-order valence-electron chi connectivity index (χ0n) is 12.5. The van der Waals surface area contributed by atoms with E-state index in [9.17, 15) is 4.79 Å². The van der Waals surface area contributed by atoms with Crippen LogP contribution in [0.15, 0.2) is 18.2 Å². The van der Waals surface area contributed by atoms with Crippen LogP contribution in [0.1, 0.15) is 25.8 Å². The SMILES string of the molecule is CCCNCc1cc(Cl)ccc1N(CC)CC(=O)NC. The van der Waals surface area contributed by atoms with Crippen molar-refractivity contribution in [3.63, 3.8) is 0 Å². The van der Waals surface area contributed by atoms with Crippen LogP contribution in [0.4, 0.5) is 5.69 Å². The van der Waals surface area contributed by atoms with Crippen LogP contribution in [0.5, 0.6) is 0 Å². The van der Waals surface area contributed by atoms with Crippen molar-refractivity contribution in [3.05, 3.63) is 28.8 Å². The van der Waals surface area contributed by atoms with Gasteiger partial charge in [0.15, 0.2) is 0 Å². The van der Waals surface area contributed by atoms with Crippen molar-refractivity contribution in [2.45, 2.75) is 26.8 Å². The number of nitrogens with zero attached hydrogens (tertiary/aromatic N) is 1. The highest BCUT2D eigenvalue weighted by molar-refractivity contribution is 6.30. The first-order chi connectivity index (χ1) is 9.62. The number of carbonyl (C=O) groups is 1. The second-order valence-electron chi connectivity index (χ2n) is 4.64. The van der Waals surface area contributed by atoms with Gasteiger partial charge in [0, 0.05) is 30.8 Å². The van der Waals surface area contributed by atoms with Crippen LogP contribution in [0, 0.1) is 0 Å². The Kier molecular flexibility index (Phi) is 7.41. The Hall–Kier alpha value is -1.26. The van der Waals surface area contributed by atoms with Crippen LogP contribution in [0.3, 0.4) is 0 Å². The molecule has 1 rings (SSSR count). The van der Waals surface area contributed by atoms with Crippen LogP contribution < -0.4 is 15.5 Å². The molecule has 0 heterocycles. The van der Waals surface area contributed by atoms with Gasteiger partial charge in [0.2, 0.25) is 5.91 Å². The minimum atomic E-state index is 0.00858. The minimum absolute atomic E-state index is 0.00858. The van der Waals surface area contributed by atoms with Crippen molar-refractivity contribution in [1.29, 1.82) is 0 Å². The lowest BCUT2D eigenvalue weighted by Gasteiger charge is -2.25. The monoisotopic (exact) mass is 297 g/mol. The maximum atomic E-state index is 11.6. The average molecular weight is 298 g/mol. The lowest BCUT2D eigenvalue weighted by Crippen LogP contribution is -2.36. The highest BCUT2D eigenvalue weighted by Gasteiger charge is 2.13. The molecule has 112 valence electrons. The molecule has 0 saturated heterocycles. The summed E-state index contributed by atoms with van der Waals surface area (Å²) in [5.41, 5.74) is 2.18. The molecule has 0 aliphatic carbocycles. The first kappa shape index (κ1) is 16.8. The number of hydrogen-bond donors (Lipinski definition) is 2. The summed E-state index contributed by atoms with van der Waals surface area (Å²) in [6.07, 6.45) is 1.09. The smallest absolute Gasteiger partial charge is 0.239 e. The van der Waals surface area contributed by atoms with Crippen LogP contribution in [-0.2, 0) is 11.3 Å². The Balaban J connectivity index is 2.91. The lowest BCUT2D eigenvalue weighted by atomic mass is 10.1. The summed E-state index contributed by atoms with van der Waals surface area (Å²) < 4.78 is 0. The van der Waals surface area contributed by atoms with E-state index in [0.29, 0.717) is 6.54 Å². The molecule has 0 radical (unpaired) electrons. The molecule has 0 saturated carbocycles. The zero-order valence-corrected chi connectivity index (χ0v) is 13.3. The number of halogens is 1. The third-order valence-electron chi connectivity index (χ3n) is 3.12. The third kappa shape index (κ3) is 5.02. The quantitative estimate of drug-likeness (QED) is 0.724. The van der Waals surface area contributed by atoms with Crippen LogP contribution in [-0.4, -0.2) is 32.6 Å². The third-order valence-corrected chi connectivity index (χ3v) is 3.35. The summed E-state index contributed by atoms with van der Waals surface area (Å²) >= 11 is 6.08. The Morgan fingerprint density at radius 1 is 1.35 bits per heavy atom. The summed E-state index contributed by atoms with van der Waals surface area (Å²) in [6.45, 7) is 7.03. The molecule has 1 aromatic carbocycles. The van der Waals surface area contributed by atoms with Gasteiger partial charge in [-0.05, 0) is 43.7 Å². The van der Waals surface area contributed by atoms with E-state index in [2.05, 4.69) is 22.5 Å². The van der Waals surface area contributed by atoms with Crippen molar-refractivity contribution in [3.8, 4) is 0 Å². The van der Waals surface area contributed by atoms with Crippen molar-refractivity contribution in [1.82, 2.24) is 10.6 Å². The molecule has 4 nitrogen and oxygen atoms in total. The molecular formula is C15H24ClN3O. The van der Waals surface area contributed by atoms with Gasteiger partial charge in [0.05, 0.1) is 6.54 Å². The fraction of sp³-hybridized carbons (Fsp3) is 0.533. The normalized spacial score (nSPS) is 10.4. The zero-order chi connectivity index (χ0) is 15.0. The van der Waals surface area contributed by atoms with E-state index in [1.165, 1.54) is 0 Å². The van der Waals surface area contributed by atoms with E-state index in [1.807, 2.05) is 25.1 Å². The van der Waals surface area contributed by atoms with Crippen molar-refractivity contribution in [2.75, 3.05) is 31.6 Å². The molecule has 0 atom stereocenters. The van der Waals surface area contributed by atoms with E-state index in [1.54, 1.807) is 7.05 Å². The van der Waals surface area contributed by atoms with E-state index >= 15 is 0 Å². The molecule has 20 heavy (non-hydrogen) atoms. The molecule has 0 aliphatic heterocycles. The van der Waals surface area contributed by atoms with Crippen LogP contribution in [0.2, 0.25) is 5.02 Å². The average Bonchev–Trinajstić information content (AvgIpc) is 2.45. The van der Waals surface area contributed by atoms with Crippen molar-refractivity contribution >= 4 is 23.2 Å². The Morgan fingerprint density at radius 2 is 2.10 bits per heavy atom. The first-order valence-electron chi connectivity index (χ1n) is 7.07. The molecule has 0 unspecified atom stereocenters. The molecule has 2 N–H and O–H groups in total. The highest BCUT2D eigenvalue weighted by Crippen LogP contribution is 2.24. The molecule has 0 aromatic heterocycles. The summed E-state index contributed by atoms with van der Waals surface area (Å²) in [4.78, 5) is 13.7. The van der Waals surface area contributed by atoms with Gasteiger partial charge in [-0.25, -0.2) is 0 Å². The predicted octanol–water partition coefficient (Wildman–Crippen LogP) is 2.41. The fourth-order valence-electron chi connectivity index (χ4n) is 2.02. The first-order valence-corrected chi connectivity index (χ1v) is 7.44. The van der Waals surface area contributed by atoms with E-state index in [4.69, 9.17) is 11.6 Å². The van der Waals surface area contributed by atoms with Crippen LogP contribution >= 0.6 is 11.6 Å². The van der Waals surface area contributed by atoms with Gasteiger partial charge in [-0.2, -0.15) is 0 Å². The second-order valence-corrected chi connectivity index (χ2v) is 5.07. The maximum Gasteiger partial charge on any atom is 0.239 e. The van der Waals surface area contributed by atoms with Crippen LogP contribution in [0.25, 0.3) is 0 Å². The van der Waals surface area contributed by atoms with Gasteiger partial charge < -0.3 is 15.5 Å². The molecule has 0 bridgehead atoms. The van der Waals surface area contributed by atoms with Gasteiger partial charge in [-0.1, -0.05) is 18.5 Å². The Bertz CT molecular complexity index is 437. The fourth-order valence-corrected chi connectivity index (χ4v) is 2.22. The predicted molar refractivity (Wildman–Crippen MR) is 85.4 cm³/mol. The van der Waals surface area contributed by atoms with Gasteiger partial charge in [-0.3, -0.25) is 4.79 Å². The largest absolute Gasteiger partial charge is 0.362 e. The van der Waals surface area contributed by atoms with Gasteiger partial charge >= 0.3 is 0 Å². The summed E-state index contributed by atoms with van der Waals surface area (Å²) in [5.74, 6) is 0.00858. The number of hydrogen-bond acceptors (Lipinski definition) is 3. The number of amides is 1. The molecule has 0 fully saturated rings. The second kappa shape index (κ2) is 8.82. The number of likely N-dealkylation sites (N-methyl/N-ethyl adjacent to an activating group) is 2. The highest BCUT2D eigenvalue weighted by atomic mass is 35.5. The Morgan fingerprint density at radius 3 is 2.70 bits per heavy atom. The van der Waals surface area contributed by atoms with Crippen molar-refractivity contribution in [2.24, 2.45) is 0 Å². The lowest BCUT2D eigenvalue weighted by molar-refractivity contribution is -0.119. The maximum absolute atomic E-state index is 11.6. The number of anilines is 1. The molecule has 0 spiro atoms. The molecule has 1 aromatic rings. The van der Waals surface area contributed by atoms with Gasteiger partial charge in [0.25, 0.3) is 0 Å². The summed E-state index contributed by atoms with van der Waals surface area (Å²) in [7, 11) is 1.65. The Labute approximate surface area is 126 Å². The van der Waals surface area contributed by atoms with E-state index < -0.39 is 0 Å². The van der Waals surface area contributed by atoms with E-state index in [-0.39, 0.29) is 5.91 Å². The van der Waals surface area contributed by atoms with Crippen molar-refractivity contribution < 1.29 is 4.79 Å². The van der Waals surface area contributed by atoms with E-state index in [0.717, 1.165) is 42.3 Å². The number of nitrogens with one attached hydrogen (secondary N) is 2. The summed E-state index contributed by atoms with van der Waals surface area (Å²) in [6, 6.07) is 5.82. The summed E-state index contributed by atoms with van der Waals surface area (Å²) in [5, 5.41) is 6.76. The number of rotatable bonds is 8. The number of benzene rings is 1. The molecule has 5 heteroatoms. The topological polar surface area (TPSA) is 44.4 Å².